The molecule has 1 aromatic carbocycles. The molecule has 0 aliphatic carbocycles. The van der Waals surface area contributed by atoms with Gasteiger partial charge >= 0.3 is 0 Å². The van der Waals surface area contributed by atoms with Crippen LogP contribution in [0.25, 0.3) is 0 Å². The molecular weight excluding hydrogens is 262 g/mol. The quantitative estimate of drug-likeness (QED) is 0.804. The van der Waals surface area contributed by atoms with E-state index >= 15 is 0 Å². The molecule has 2 rings (SSSR count). The van der Waals surface area contributed by atoms with E-state index in [0.29, 0.717) is 18.6 Å². The van der Waals surface area contributed by atoms with Crippen molar-refractivity contribution in [1.29, 1.82) is 0 Å². The van der Waals surface area contributed by atoms with Crippen molar-refractivity contribution in [3.63, 3.8) is 0 Å². The van der Waals surface area contributed by atoms with Crippen molar-refractivity contribution < 1.29 is 4.79 Å². The van der Waals surface area contributed by atoms with Crippen LogP contribution in [0.1, 0.15) is 32.3 Å². The largest absolute Gasteiger partial charge is 0.351 e. The van der Waals surface area contributed by atoms with Crippen molar-refractivity contribution in [2.24, 2.45) is 0 Å². The molecule has 2 N–H and O–H groups in total. The first-order valence-corrected chi connectivity index (χ1v) is 7.96. The van der Waals surface area contributed by atoms with E-state index in [-0.39, 0.29) is 5.91 Å². The number of carbonyl (C=O) groups is 1. The molecule has 0 aromatic heterocycles. The van der Waals surface area contributed by atoms with Gasteiger partial charge in [-0.1, -0.05) is 37.3 Å². The van der Waals surface area contributed by atoms with Gasteiger partial charge in [0.05, 0.1) is 6.54 Å². The molecular formula is C17H27N3O. The van der Waals surface area contributed by atoms with E-state index in [1.165, 1.54) is 5.56 Å². The van der Waals surface area contributed by atoms with Crippen LogP contribution in [0, 0.1) is 0 Å². The minimum Gasteiger partial charge on any atom is -0.351 e. The highest BCUT2D eigenvalue weighted by Gasteiger charge is 2.23. The zero-order valence-electron chi connectivity index (χ0n) is 13.1. The van der Waals surface area contributed by atoms with Crippen LogP contribution in [0.3, 0.4) is 0 Å². The number of likely N-dealkylation sites (tertiary alicyclic amines) is 1. The topological polar surface area (TPSA) is 44.4 Å². The van der Waals surface area contributed by atoms with Crippen molar-refractivity contribution in [2.75, 3.05) is 19.6 Å². The standard InChI is InChI=1S/C17H27N3O/c1-3-14(2)18-11-17(21)19-16-9-10-20(13-16)12-15-7-5-4-6-8-15/h4-8,14,16,18H,3,9-13H2,1-2H3,(H,19,21). The van der Waals surface area contributed by atoms with Crippen molar-refractivity contribution in [3.8, 4) is 0 Å². The van der Waals surface area contributed by atoms with E-state index in [4.69, 9.17) is 0 Å². The van der Waals surface area contributed by atoms with Gasteiger partial charge in [-0.25, -0.2) is 0 Å². The molecule has 2 unspecified atom stereocenters. The van der Waals surface area contributed by atoms with Gasteiger partial charge in [0.2, 0.25) is 5.91 Å². The highest BCUT2D eigenvalue weighted by atomic mass is 16.2. The van der Waals surface area contributed by atoms with Crippen molar-refractivity contribution >= 4 is 5.91 Å². The number of rotatable bonds is 7. The van der Waals surface area contributed by atoms with Gasteiger partial charge < -0.3 is 10.6 Å². The molecule has 1 aromatic rings. The Morgan fingerprint density at radius 1 is 1.38 bits per heavy atom. The van der Waals surface area contributed by atoms with E-state index in [2.05, 4.69) is 53.6 Å². The second-order valence-corrected chi connectivity index (χ2v) is 5.96. The fraction of sp³-hybridized carbons (Fsp3) is 0.588. The van der Waals surface area contributed by atoms with Crippen LogP contribution in [-0.2, 0) is 11.3 Å². The third-order valence-electron chi connectivity index (χ3n) is 4.11. The van der Waals surface area contributed by atoms with Gasteiger partial charge in [0.15, 0.2) is 0 Å². The third kappa shape index (κ3) is 5.48. The molecule has 0 saturated carbocycles. The summed E-state index contributed by atoms with van der Waals surface area (Å²) < 4.78 is 0. The lowest BCUT2D eigenvalue weighted by Crippen LogP contribution is -2.43. The van der Waals surface area contributed by atoms with Crippen LogP contribution in [0.2, 0.25) is 0 Å². The van der Waals surface area contributed by atoms with E-state index in [1.54, 1.807) is 0 Å². The minimum absolute atomic E-state index is 0.113. The normalized spacial score (nSPS) is 20.4. The average molecular weight is 289 g/mol. The lowest BCUT2D eigenvalue weighted by Gasteiger charge is -2.17. The molecule has 1 fully saturated rings. The highest BCUT2D eigenvalue weighted by molar-refractivity contribution is 5.78. The molecule has 1 amide bonds. The number of benzene rings is 1. The number of amides is 1. The monoisotopic (exact) mass is 289 g/mol. The molecule has 0 spiro atoms. The van der Waals surface area contributed by atoms with E-state index in [1.807, 2.05) is 6.07 Å². The summed E-state index contributed by atoms with van der Waals surface area (Å²) in [6.45, 7) is 7.61. The maximum atomic E-state index is 11.9. The molecule has 1 aliphatic rings. The van der Waals surface area contributed by atoms with Crippen LogP contribution in [-0.4, -0.2) is 42.5 Å². The molecule has 2 atom stereocenters. The number of hydrogen-bond donors (Lipinski definition) is 2. The lowest BCUT2D eigenvalue weighted by molar-refractivity contribution is -0.121. The number of nitrogens with one attached hydrogen (secondary N) is 2. The zero-order chi connectivity index (χ0) is 15.1. The van der Waals surface area contributed by atoms with Crippen LogP contribution in [0.15, 0.2) is 30.3 Å². The first-order valence-electron chi connectivity index (χ1n) is 7.96. The second kappa shape index (κ2) is 8.15. The van der Waals surface area contributed by atoms with Crippen molar-refractivity contribution in [2.45, 2.75) is 45.3 Å². The fourth-order valence-electron chi connectivity index (χ4n) is 2.63. The van der Waals surface area contributed by atoms with Crippen LogP contribution >= 0.6 is 0 Å². The van der Waals surface area contributed by atoms with E-state index < -0.39 is 0 Å². The SMILES string of the molecule is CCC(C)NCC(=O)NC1CCN(Cc2ccccc2)C1. The first-order chi connectivity index (χ1) is 10.2. The number of nitrogens with zero attached hydrogens (tertiary/aromatic N) is 1. The summed E-state index contributed by atoms with van der Waals surface area (Å²) in [6, 6.07) is 11.2. The molecule has 4 heteroatoms. The maximum Gasteiger partial charge on any atom is 0.234 e. The second-order valence-electron chi connectivity index (χ2n) is 5.96. The van der Waals surface area contributed by atoms with Crippen molar-refractivity contribution in [1.82, 2.24) is 15.5 Å². The third-order valence-corrected chi connectivity index (χ3v) is 4.11. The van der Waals surface area contributed by atoms with Crippen molar-refractivity contribution in [3.05, 3.63) is 35.9 Å². The fourth-order valence-corrected chi connectivity index (χ4v) is 2.63. The summed E-state index contributed by atoms with van der Waals surface area (Å²) in [5.74, 6) is 0.113. The molecule has 116 valence electrons. The summed E-state index contributed by atoms with van der Waals surface area (Å²) in [5.41, 5.74) is 1.34. The summed E-state index contributed by atoms with van der Waals surface area (Å²) in [6.07, 6.45) is 2.09. The predicted octanol–water partition coefficient (Wildman–Crippen LogP) is 1.77. The maximum absolute atomic E-state index is 11.9. The van der Waals surface area contributed by atoms with Gasteiger partial charge in [0.25, 0.3) is 0 Å². The van der Waals surface area contributed by atoms with Gasteiger partial charge in [-0.05, 0) is 25.3 Å². The molecule has 0 bridgehead atoms. The summed E-state index contributed by atoms with van der Waals surface area (Å²) in [7, 11) is 0. The smallest absolute Gasteiger partial charge is 0.234 e. The van der Waals surface area contributed by atoms with Gasteiger partial charge in [-0.15, -0.1) is 0 Å². The molecule has 1 saturated heterocycles. The molecule has 21 heavy (non-hydrogen) atoms. The molecule has 0 radical (unpaired) electrons. The Labute approximate surface area is 127 Å². The summed E-state index contributed by atoms with van der Waals surface area (Å²) >= 11 is 0. The minimum atomic E-state index is 0.113. The van der Waals surface area contributed by atoms with E-state index in [9.17, 15) is 4.79 Å². The Morgan fingerprint density at radius 3 is 2.86 bits per heavy atom. The number of hydrogen-bond acceptors (Lipinski definition) is 3. The Hall–Kier alpha value is -1.39. The number of carbonyl (C=O) groups excluding carboxylic acids is 1. The van der Waals surface area contributed by atoms with E-state index in [0.717, 1.165) is 32.5 Å². The summed E-state index contributed by atoms with van der Waals surface area (Å²) in [4.78, 5) is 14.3. The predicted molar refractivity (Wildman–Crippen MR) is 86.0 cm³/mol. The van der Waals surface area contributed by atoms with Gasteiger partial charge in [0.1, 0.15) is 0 Å². The Bertz CT molecular complexity index is 435. The van der Waals surface area contributed by atoms with Gasteiger partial charge in [-0.3, -0.25) is 9.69 Å². The summed E-state index contributed by atoms with van der Waals surface area (Å²) in [5, 5.41) is 6.36. The highest BCUT2D eigenvalue weighted by Crippen LogP contribution is 2.13. The Morgan fingerprint density at radius 2 is 2.14 bits per heavy atom. The van der Waals surface area contributed by atoms with Gasteiger partial charge in [-0.2, -0.15) is 0 Å². The molecule has 4 nitrogen and oxygen atoms in total. The Kier molecular flexibility index (Phi) is 6.21. The van der Waals surface area contributed by atoms with Gasteiger partial charge in [0, 0.05) is 31.7 Å². The van der Waals surface area contributed by atoms with Crippen LogP contribution in [0.4, 0.5) is 0 Å². The van der Waals surface area contributed by atoms with Crippen LogP contribution in [0.5, 0.6) is 0 Å². The molecule has 1 heterocycles. The lowest BCUT2D eigenvalue weighted by atomic mass is 10.2. The van der Waals surface area contributed by atoms with Crippen LogP contribution < -0.4 is 10.6 Å². The average Bonchev–Trinajstić information content (AvgIpc) is 2.92. The zero-order valence-corrected chi connectivity index (χ0v) is 13.1. The molecule has 1 aliphatic heterocycles. The Balaban J connectivity index is 1.69. The first kappa shape index (κ1) is 16.0.